The van der Waals surface area contributed by atoms with Crippen LogP contribution in [0.2, 0.25) is 0 Å². The highest BCUT2D eigenvalue weighted by molar-refractivity contribution is 7.96. The van der Waals surface area contributed by atoms with Crippen LogP contribution < -0.4 is 9.64 Å². The van der Waals surface area contributed by atoms with Crippen molar-refractivity contribution in [3.63, 3.8) is 0 Å². The van der Waals surface area contributed by atoms with Gasteiger partial charge in [-0.1, -0.05) is 67.9 Å². The van der Waals surface area contributed by atoms with Gasteiger partial charge in [-0.15, -0.1) is 0 Å². The molecule has 0 amide bonds. The predicted octanol–water partition coefficient (Wildman–Crippen LogP) is 6.72. The molecule has 5 rings (SSSR count). The zero-order valence-electron chi connectivity index (χ0n) is 20.2. The lowest BCUT2D eigenvalue weighted by Crippen LogP contribution is -2.21. The van der Waals surface area contributed by atoms with Gasteiger partial charge in [0.1, 0.15) is 0 Å². The van der Waals surface area contributed by atoms with Crippen LogP contribution in [-0.4, -0.2) is 15.0 Å². The molecule has 0 aromatic heterocycles. The SMILES string of the molecule is [C-]#[N+]C(C#N)=C1C(=C/C=C2\Oc3ccc(-c4ccccc4)cc3N2CCCC)S(=O)(=O)c2ccccc21. The second-order valence-electron chi connectivity index (χ2n) is 8.64. The number of nitrogens with zero attached hydrogens (tertiary/aromatic N) is 3. The van der Waals surface area contributed by atoms with Gasteiger partial charge in [-0.05, 0) is 47.4 Å². The number of unbranched alkanes of at least 4 members (excludes halogenated alkanes) is 1. The van der Waals surface area contributed by atoms with Gasteiger partial charge in [-0.25, -0.2) is 18.5 Å². The van der Waals surface area contributed by atoms with Crippen molar-refractivity contribution in [2.45, 2.75) is 24.7 Å². The molecular formula is C30H23N3O3S. The van der Waals surface area contributed by atoms with Crippen LogP contribution in [0.25, 0.3) is 21.5 Å². The van der Waals surface area contributed by atoms with E-state index in [9.17, 15) is 13.7 Å². The second-order valence-corrected chi connectivity index (χ2v) is 10.5. The maximum atomic E-state index is 13.4. The predicted molar refractivity (Wildman–Crippen MR) is 144 cm³/mol. The average Bonchev–Trinajstić information content (AvgIpc) is 3.38. The molecule has 182 valence electrons. The summed E-state index contributed by atoms with van der Waals surface area (Å²) in [4.78, 5) is 5.37. The summed E-state index contributed by atoms with van der Waals surface area (Å²) in [5.74, 6) is 1.18. The zero-order valence-corrected chi connectivity index (χ0v) is 21.0. The molecule has 3 aromatic rings. The summed E-state index contributed by atoms with van der Waals surface area (Å²) >= 11 is 0. The van der Waals surface area contributed by atoms with Crippen molar-refractivity contribution in [1.82, 2.24) is 0 Å². The normalized spacial score (nSPS) is 18.6. The van der Waals surface area contributed by atoms with E-state index in [4.69, 9.17) is 11.3 Å². The van der Waals surface area contributed by atoms with E-state index in [0.717, 1.165) is 29.7 Å². The Kier molecular flexibility index (Phi) is 6.40. The minimum absolute atomic E-state index is 0.0753. The van der Waals surface area contributed by atoms with Gasteiger partial charge in [0.25, 0.3) is 5.70 Å². The van der Waals surface area contributed by atoms with Crippen LogP contribution in [0.5, 0.6) is 5.75 Å². The monoisotopic (exact) mass is 505 g/mol. The first kappa shape index (κ1) is 24.1. The van der Waals surface area contributed by atoms with Crippen LogP contribution in [0.1, 0.15) is 25.3 Å². The Balaban J connectivity index is 1.61. The Bertz CT molecular complexity index is 1650. The summed E-state index contributed by atoms with van der Waals surface area (Å²) in [5.41, 5.74) is 3.29. The molecule has 0 radical (unpaired) electrons. The van der Waals surface area contributed by atoms with E-state index in [1.54, 1.807) is 24.3 Å². The molecule has 6 nitrogen and oxygen atoms in total. The third-order valence-electron chi connectivity index (χ3n) is 6.39. The number of ether oxygens (including phenoxy) is 1. The Hall–Kier alpha value is -4.59. The lowest BCUT2D eigenvalue weighted by Gasteiger charge is -2.18. The van der Waals surface area contributed by atoms with Crippen molar-refractivity contribution in [3.05, 3.63) is 118 Å². The number of hydrogen-bond donors (Lipinski definition) is 0. The van der Waals surface area contributed by atoms with Gasteiger partial charge in [-0.3, -0.25) is 0 Å². The molecule has 3 aromatic carbocycles. The smallest absolute Gasteiger partial charge is 0.270 e. The lowest BCUT2D eigenvalue weighted by atomic mass is 10.0. The Labute approximate surface area is 216 Å². The van der Waals surface area contributed by atoms with E-state index in [-0.39, 0.29) is 21.1 Å². The summed E-state index contributed by atoms with van der Waals surface area (Å²) in [7, 11) is -3.91. The van der Waals surface area contributed by atoms with Crippen molar-refractivity contribution in [2.24, 2.45) is 0 Å². The standard InChI is InChI=1S/C30H23N3O3S/c1-3-4-18-33-25-19-22(21-10-6-5-7-11-21)14-15-26(25)36-29(33)17-16-28-30(24(20-31)32-2)23-12-8-9-13-27(23)37(28,34)35/h5-17,19H,3-4,18H2,1H3/b28-16?,29-17-,30-24?. The maximum absolute atomic E-state index is 13.4. The number of sulfone groups is 1. The number of allylic oxidation sites excluding steroid dienone is 4. The van der Waals surface area contributed by atoms with Gasteiger partial charge in [0.05, 0.1) is 28.1 Å². The molecule has 0 unspecified atom stereocenters. The van der Waals surface area contributed by atoms with E-state index in [0.29, 0.717) is 23.7 Å². The van der Waals surface area contributed by atoms with Gasteiger partial charge < -0.3 is 9.64 Å². The van der Waals surface area contributed by atoms with Crippen LogP contribution in [0.15, 0.2) is 106 Å². The molecule has 7 heteroatoms. The largest absolute Gasteiger partial charge is 0.439 e. The number of nitriles is 1. The van der Waals surface area contributed by atoms with Crippen molar-refractivity contribution in [3.8, 4) is 22.9 Å². The number of rotatable bonds is 5. The minimum atomic E-state index is -3.91. The van der Waals surface area contributed by atoms with Crippen LogP contribution in [-0.2, 0) is 9.84 Å². The lowest BCUT2D eigenvalue weighted by molar-refractivity contribution is 0.437. The fraction of sp³-hybridized carbons (Fsp3) is 0.133. The number of hydrogen-bond acceptors (Lipinski definition) is 5. The van der Waals surface area contributed by atoms with E-state index >= 15 is 0 Å². The highest BCUT2D eigenvalue weighted by Gasteiger charge is 2.37. The highest BCUT2D eigenvalue weighted by atomic mass is 32.2. The first-order valence-corrected chi connectivity index (χ1v) is 13.4. The molecule has 0 bridgehead atoms. The number of fused-ring (bicyclic) bond motifs is 2. The molecular weight excluding hydrogens is 482 g/mol. The number of benzene rings is 3. The third kappa shape index (κ3) is 4.20. The highest BCUT2D eigenvalue weighted by Crippen LogP contribution is 2.46. The van der Waals surface area contributed by atoms with Gasteiger partial charge in [-0.2, -0.15) is 0 Å². The minimum Gasteiger partial charge on any atom is -0.439 e. The van der Waals surface area contributed by atoms with Crippen molar-refractivity contribution in [2.75, 3.05) is 11.4 Å². The van der Waals surface area contributed by atoms with E-state index < -0.39 is 9.84 Å². The molecule has 0 fully saturated rings. The van der Waals surface area contributed by atoms with E-state index in [2.05, 4.69) is 30.0 Å². The van der Waals surface area contributed by atoms with Gasteiger partial charge in [0, 0.05) is 18.2 Å². The van der Waals surface area contributed by atoms with Crippen LogP contribution in [0.4, 0.5) is 5.69 Å². The summed E-state index contributed by atoms with van der Waals surface area (Å²) < 4.78 is 33.0. The van der Waals surface area contributed by atoms with Crippen molar-refractivity contribution in [1.29, 1.82) is 5.26 Å². The maximum Gasteiger partial charge on any atom is 0.270 e. The zero-order chi connectivity index (χ0) is 26.0. The Morgan fingerprint density at radius 2 is 1.81 bits per heavy atom. The summed E-state index contributed by atoms with van der Waals surface area (Å²) in [6.45, 7) is 10.2. The molecule has 0 aliphatic carbocycles. The average molecular weight is 506 g/mol. The summed E-state index contributed by atoms with van der Waals surface area (Å²) in [6, 6.07) is 24.4. The molecule has 0 spiro atoms. The second kappa shape index (κ2) is 9.81. The quantitative estimate of drug-likeness (QED) is 0.284. The Morgan fingerprint density at radius 3 is 2.54 bits per heavy atom. The van der Waals surface area contributed by atoms with Crippen molar-refractivity contribution >= 4 is 21.1 Å². The van der Waals surface area contributed by atoms with Crippen molar-refractivity contribution < 1.29 is 13.2 Å². The van der Waals surface area contributed by atoms with Crippen LogP contribution in [0, 0.1) is 17.9 Å². The third-order valence-corrected chi connectivity index (χ3v) is 8.24. The fourth-order valence-corrected chi connectivity index (χ4v) is 6.25. The van der Waals surface area contributed by atoms with Gasteiger partial charge in [0.2, 0.25) is 15.7 Å². The summed E-state index contributed by atoms with van der Waals surface area (Å²) in [5, 5.41) is 9.57. The molecule has 37 heavy (non-hydrogen) atoms. The molecule has 0 saturated carbocycles. The molecule has 2 aliphatic rings. The first-order valence-electron chi connectivity index (χ1n) is 11.9. The van der Waals surface area contributed by atoms with Gasteiger partial charge in [0.15, 0.2) is 5.75 Å². The van der Waals surface area contributed by atoms with E-state index in [1.165, 1.54) is 12.1 Å². The molecule has 0 saturated heterocycles. The molecule has 2 heterocycles. The summed E-state index contributed by atoms with van der Waals surface area (Å²) in [6.07, 6.45) is 4.96. The first-order chi connectivity index (χ1) is 18.0. The Morgan fingerprint density at radius 1 is 1.05 bits per heavy atom. The topological polar surface area (TPSA) is 74.8 Å². The molecule has 2 aliphatic heterocycles. The molecule has 0 atom stereocenters. The number of anilines is 1. The van der Waals surface area contributed by atoms with Crippen LogP contribution >= 0.6 is 0 Å². The van der Waals surface area contributed by atoms with Gasteiger partial charge >= 0.3 is 0 Å². The fourth-order valence-electron chi connectivity index (χ4n) is 4.58. The van der Waals surface area contributed by atoms with Crippen LogP contribution in [0.3, 0.4) is 0 Å². The van der Waals surface area contributed by atoms with E-state index in [1.807, 2.05) is 41.3 Å². The molecule has 0 N–H and O–H groups in total.